The highest BCUT2D eigenvalue weighted by Crippen LogP contribution is 2.62. The molecule has 1 heterocycles. The molecule has 2 amide bonds. The lowest BCUT2D eigenvalue weighted by Gasteiger charge is -2.60. The average molecular weight is 927 g/mol. The minimum atomic E-state index is -1.50. The van der Waals surface area contributed by atoms with Crippen molar-refractivity contribution in [2.45, 2.75) is 89.2 Å². The van der Waals surface area contributed by atoms with Crippen LogP contribution in [0.25, 0.3) is 6.08 Å². The van der Waals surface area contributed by atoms with Gasteiger partial charge in [0.1, 0.15) is 24.1 Å². The Morgan fingerprint density at radius 2 is 1.66 bits per heavy atom. The molecule has 7 rings (SSSR count). The Balaban J connectivity index is 1.38. The number of nitro benzene ring substituents is 1. The number of benzene rings is 4. The number of aliphatic hydroxyl groups is 2. The molecule has 358 valence electrons. The van der Waals surface area contributed by atoms with E-state index in [1.54, 1.807) is 41.3 Å². The van der Waals surface area contributed by atoms with Crippen molar-refractivity contribution in [1.82, 2.24) is 10.2 Å². The van der Waals surface area contributed by atoms with Crippen molar-refractivity contribution in [3.05, 3.63) is 166 Å². The highest BCUT2D eigenvalue weighted by atomic mass is 16.7. The number of hydrogen-bond acceptors (Lipinski definition) is 11. The number of carbonyl (C=O) groups is 2. The molecule has 3 N–H and O–H groups in total. The van der Waals surface area contributed by atoms with Crippen molar-refractivity contribution < 1.29 is 43.8 Å². The second kappa shape index (κ2) is 23.9. The molecule has 0 aromatic heterocycles. The maximum absolute atomic E-state index is 14.8. The Morgan fingerprint density at radius 1 is 0.956 bits per heavy atom. The number of nitro groups is 1. The van der Waals surface area contributed by atoms with Crippen LogP contribution < -0.4 is 14.8 Å². The Hall–Kier alpha value is -6.61. The van der Waals surface area contributed by atoms with E-state index in [4.69, 9.17) is 24.2 Å². The van der Waals surface area contributed by atoms with Crippen molar-refractivity contribution in [3.8, 4) is 11.5 Å². The van der Waals surface area contributed by atoms with Gasteiger partial charge in [-0.2, -0.15) is 0 Å². The summed E-state index contributed by atoms with van der Waals surface area (Å²) in [6.07, 6.45) is 11.5. The fourth-order valence-corrected chi connectivity index (χ4v) is 10.0. The quantitative estimate of drug-likeness (QED) is 0.0213. The van der Waals surface area contributed by atoms with E-state index in [0.29, 0.717) is 48.6 Å². The number of allylic oxidation sites excluding steroid dienone is 1. The number of fused-ring (bicyclic) bond motifs is 2. The predicted molar refractivity (Wildman–Crippen MR) is 260 cm³/mol. The molecule has 1 fully saturated rings. The minimum Gasteiger partial charge on any atom is -0.459 e. The van der Waals surface area contributed by atoms with E-state index in [1.807, 2.05) is 73.7 Å². The zero-order valence-electron chi connectivity index (χ0n) is 38.6. The number of oxime groups is 1. The van der Waals surface area contributed by atoms with Crippen LogP contribution in [0.4, 0.5) is 10.5 Å². The molecule has 4 aromatic rings. The van der Waals surface area contributed by atoms with Gasteiger partial charge < -0.3 is 39.5 Å². The molecule has 14 heteroatoms. The van der Waals surface area contributed by atoms with E-state index in [2.05, 4.69) is 18.0 Å². The second-order valence-electron chi connectivity index (χ2n) is 17.5. The minimum absolute atomic E-state index is 0.00725. The van der Waals surface area contributed by atoms with Crippen LogP contribution in [0.3, 0.4) is 0 Å². The number of carbonyl (C=O) groups excluding carboxylic acids is 2. The largest absolute Gasteiger partial charge is 0.459 e. The number of aliphatic hydroxyl groups excluding tert-OH is 2. The third-order valence-electron chi connectivity index (χ3n) is 13.0. The normalized spacial score (nSPS) is 22.0. The van der Waals surface area contributed by atoms with E-state index in [9.17, 15) is 29.9 Å². The topological polar surface area (TPSA) is 182 Å². The van der Waals surface area contributed by atoms with Gasteiger partial charge in [-0.15, -0.1) is 6.58 Å². The summed E-state index contributed by atoms with van der Waals surface area (Å²) >= 11 is 0. The molecule has 0 radical (unpaired) electrons. The number of non-ortho nitro benzene ring substituents is 1. The number of amides is 2. The van der Waals surface area contributed by atoms with Crippen LogP contribution in [-0.4, -0.2) is 75.9 Å². The molecule has 6 atom stereocenters. The van der Waals surface area contributed by atoms with E-state index in [-0.39, 0.29) is 68.7 Å². The number of hydrogen-bond donors (Lipinski definition) is 3. The standard InChI is InChI=1S/C54H62N4O10/c1-3-29-57(50(61)28-23-38-21-24-42(25-22-38)58(63)64)49-35-47(56-66-37-40-17-9-6-10-18-40)45-33-41(19-11-13-30-59)44(20-12-14-31-60)51-46-34-43(67-53(62)55-36-39-15-7-5-8-16-39)26-27-48(46)68-54(49,52(45)51)65-32-4-2/h4-10,15-18,21-28,33-34,41,44,49,51-52,59-60H,2-3,11-14,19-20,29-32,35-37H2,1H3,(H,55,62). The van der Waals surface area contributed by atoms with Gasteiger partial charge in [-0.1, -0.05) is 97.7 Å². The number of nitrogens with zero attached hydrogens (tertiary/aromatic N) is 3. The van der Waals surface area contributed by atoms with Crippen LogP contribution in [0.2, 0.25) is 0 Å². The van der Waals surface area contributed by atoms with Gasteiger partial charge in [0.25, 0.3) is 5.69 Å². The summed E-state index contributed by atoms with van der Waals surface area (Å²) in [5, 5.41) is 39.1. The molecule has 2 aliphatic carbocycles. The van der Waals surface area contributed by atoms with E-state index < -0.39 is 28.8 Å². The van der Waals surface area contributed by atoms with Gasteiger partial charge in [-0.3, -0.25) is 14.9 Å². The first-order chi connectivity index (χ1) is 33.2. The monoisotopic (exact) mass is 926 g/mol. The summed E-state index contributed by atoms with van der Waals surface area (Å²) in [6, 6.07) is 29.9. The molecule has 0 saturated heterocycles. The lowest BCUT2D eigenvalue weighted by atomic mass is 9.55. The number of nitrogens with one attached hydrogen (secondary N) is 1. The number of rotatable bonds is 23. The maximum Gasteiger partial charge on any atom is 0.412 e. The Kier molecular flexibility index (Phi) is 17.3. The zero-order chi connectivity index (χ0) is 47.9. The van der Waals surface area contributed by atoms with Crippen LogP contribution in [0.15, 0.2) is 139 Å². The fraction of sp³-hybridized carbons (Fsp3) is 0.389. The number of unbranched alkanes of at least 4 members (excludes halogenated alkanes) is 2. The molecule has 6 unspecified atom stereocenters. The van der Waals surface area contributed by atoms with E-state index in [1.165, 1.54) is 18.2 Å². The molecular formula is C54H62N4O10. The smallest absolute Gasteiger partial charge is 0.412 e. The number of ether oxygens (including phenoxy) is 3. The molecule has 0 spiro atoms. The summed E-state index contributed by atoms with van der Waals surface area (Å²) < 4.78 is 20.4. The first-order valence-electron chi connectivity index (χ1n) is 23.7. The van der Waals surface area contributed by atoms with Gasteiger partial charge in [0.05, 0.1) is 23.2 Å². The summed E-state index contributed by atoms with van der Waals surface area (Å²) in [6.45, 7) is 7.03. The van der Waals surface area contributed by atoms with E-state index >= 15 is 0 Å². The van der Waals surface area contributed by atoms with Crippen molar-refractivity contribution >= 4 is 29.5 Å². The zero-order valence-corrected chi connectivity index (χ0v) is 38.6. The van der Waals surface area contributed by atoms with Crippen LogP contribution in [0.1, 0.15) is 86.5 Å². The van der Waals surface area contributed by atoms with Crippen molar-refractivity contribution in [2.75, 3.05) is 26.4 Å². The Labute approximate surface area is 398 Å². The van der Waals surface area contributed by atoms with Crippen molar-refractivity contribution in [1.29, 1.82) is 0 Å². The average Bonchev–Trinajstić information content (AvgIpc) is 3.35. The highest BCUT2D eigenvalue weighted by molar-refractivity contribution is 6.03. The second-order valence-corrected chi connectivity index (χ2v) is 17.5. The van der Waals surface area contributed by atoms with Crippen LogP contribution in [0.5, 0.6) is 11.5 Å². The van der Waals surface area contributed by atoms with Gasteiger partial charge in [-0.05, 0) is 103 Å². The molecule has 1 aliphatic heterocycles. The summed E-state index contributed by atoms with van der Waals surface area (Å²) in [5.74, 6) is -1.94. The highest BCUT2D eigenvalue weighted by Gasteiger charge is 2.65. The van der Waals surface area contributed by atoms with Gasteiger partial charge in [0, 0.05) is 62.4 Å². The van der Waals surface area contributed by atoms with Crippen LogP contribution >= 0.6 is 0 Å². The Morgan fingerprint density at radius 3 is 2.34 bits per heavy atom. The molecule has 4 aromatic carbocycles. The van der Waals surface area contributed by atoms with Crippen LogP contribution in [-0.2, 0) is 27.5 Å². The SMILES string of the molecule is C=CCOC12Oc3ccc(OC(=O)NCc4ccccc4)cc3C3C(CCCCO)C(CCCCO)C=C(C(=NOCc4ccccc4)CC1N(CCC)C(=O)C=Cc1ccc([N+](=O)[O-])cc1)C32. The van der Waals surface area contributed by atoms with E-state index in [0.717, 1.165) is 47.9 Å². The first kappa shape index (κ1) is 49.3. The van der Waals surface area contributed by atoms with Crippen LogP contribution in [0, 0.1) is 27.9 Å². The maximum atomic E-state index is 14.8. The molecule has 68 heavy (non-hydrogen) atoms. The summed E-state index contributed by atoms with van der Waals surface area (Å²) in [7, 11) is 0. The lowest BCUT2D eigenvalue weighted by Crippen LogP contribution is -2.70. The first-order valence-corrected chi connectivity index (χ1v) is 23.7. The fourth-order valence-electron chi connectivity index (χ4n) is 10.0. The van der Waals surface area contributed by atoms with Gasteiger partial charge in [0.15, 0.2) is 0 Å². The van der Waals surface area contributed by atoms with Gasteiger partial charge in [0.2, 0.25) is 11.7 Å². The van der Waals surface area contributed by atoms with Crippen molar-refractivity contribution in [2.24, 2.45) is 22.9 Å². The summed E-state index contributed by atoms with van der Waals surface area (Å²) in [5.41, 5.74) is 4.75. The molecule has 1 saturated carbocycles. The molecule has 0 bridgehead atoms. The third kappa shape index (κ3) is 11.7. The molecule has 3 aliphatic rings. The Bertz CT molecular complexity index is 2420. The molecule has 14 nitrogen and oxygen atoms in total. The van der Waals surface area contributed by atoms with Gasteiger partial charge in [-0.25, -0.2) is 4.79 Å². The predicted octanol–water partition coefficient (Wildman–Crippen LogP) is 9.67. The van der Waals surface area contributed by atoms with Crippen molar-refractivity contribution in [3.63, 3.8) is 0 Å². The third-order valence-corrected chi connectivity index (χ3v) is 13.0. The van der Waals surface area contributed by atoms with Gasteiger partial charge >= 0.3 is 6.09 Å². The lowest BCUT2D eigenvalue weighted by molar-refractivity contribution is -0.384. The summed E-state index contributed by atoms with van der Waals surface area (Å²) in [4.78, 5) is 47.0. The molecular weight excluding hydrogens is 865 g/mol.